The standard InChI is InChI=1S/C13H13BrN2O3/c1-3-7-16(8-12(17)18)13(19)15-11-6-4-5-10(14)9(11)2/h1,4-6H,7-8H2,2H3,(H,15,19)(H,17,18). The van der Waals surface area contributed by atoms with Gasteiger partial charge in [0, 0.05) is 10.2 Å². The second-order valence-electron chi connectivity index (χ2n) is 3.80. The number of terminal acetylenes is 1. The molecule has 0 aliphatic rings. The first-order chi connectivity index (χ1) is 8.95. The van der Waals surface area contributed by atoms with Gasteiger partial charge in [-0.1, -0.05) is 27.9 Å². The zero-order chi connectivity index (χ0) is 14.4. The van der Waals surface area contributed by atoms with Crippen LogP contribution in [0.25, 0.3) is 0 Å². The first kappa shape index (κ1) is 15.1. The van der Waals surface area contributed by atoms with Crippen LogP contribution in [0.3, 0.4) is 0 Å². The van der Waals surface area contributed by atoms with Gasteiger partial charge in [-0.15, -0.1) is 6.42 Å². The van der Waals surface area contributed by atoms with Gasteiger partial charge in [-0.25, -0.2) is 4.79 Å². The molecule has 2 N–H and O–H groups in total. The molecule has 0 atom stereocenters. The molecule has 0 aliphatic carbocycles. The van der Waals surface area contributed by atoms with E-state index in [0.29, 0.717) is 5.69 Å². The number of amides is 2. The number of aliphatic carboxylic acids is 1. The molecule has 0 aromatic heterocycles. The van der Waals surface area contributed by atoms with Crippen molar-refractivity contribution in [1.29, 1.82) is 0 Å². The van der Waals surface area contributed by atoms with Crippen molar-refractivity contribution < 1.29 is 14.7 Å². The molecule has 0 saturated heterocycles. The lowest BCUT2D eigenvalue weighted by Crippen LogP contribution is -2.39. The van der Waals surface area contributed by atoms with Crippen LogP contribution in [0.2, 0.25) is 0 Å². The van der Waals surface area contributed by atoms with E-state index in [9.17, 15) is 9.59 Å². The molecular formula is C13H13BrN2O3. The van der Waals surface area contributed by atoms with E-state index in [4.69, 9.17) is 11.5 Å². The molecule has 0 heterocycles. The molecule has 1 aromatic rings. The topological polar surface area (TPSA) is 69.6 Å². The number of urea groups is 1. The molecule has 5 nitrogen and oxygen atoms in total. The summed E-state index contributed by atoms with van der Waals surface area (Å²) >= 11 is 3.35. The zero-order valence-electron chi connectivity index (χ0n) is 10.3. The van der Waals surface area contributed by atoms with Gasteiger partial charge < -0.3 is 15.3 Å². The molecule has 6 heteroatoms. The Bertz CT molecular complexity index is 537. The van der Waals surface area contributed by atoms with Gasteiger partial charge in [-0.05, 0) is 24.6 Å². The van der Waals surface area contributed by atoms with Crippen LogP contribution in [0.4, 0.5) is 10.5 Å². The average Bonchev–Trinajstić information content (AvgIpc) is 2.34. The summed E-state index contributed by atoms with van der Waals surface area (Å²) < 4.78 is 0.854. The van der Waals surface area contributed by atoms with Crippen LogP contribution in [0, 0.1) is 19.3 Å². The normalized spacial score (nSPS) is 9.53. The highest BCUT2D eigenvalue weighted by atomic mass is 79.9. The number of nitrogens with zero attached hydrogens (tertiary/aromatic N) is 1. The van der Waals surface area contributed by atoms with E-state index >= 15 is 0 Å². The van der Waals surface area contributed by atoms with Crippen LogP contribution in [-0.2, 0) is 4.79 Å². The van der Waals surface area contributed by atoms with Gasteiger partial charge in [-0.3, -0.25) is 4.79 Å². The van der Waals surface area contributed by atoms with E-state index in [-0.39, 0.29) is 6.54 Å². The van der Waals surface area contributed by atoms with Crippen LogP contribution < -0.4 is 5.32 Å². The van der Waals surface area contributed by atoms with Crippen molar-refractivity contribution in [3.63, 3.8) is 0 Å². The van der Waals surface area contributed by atoms with Crippen molar-refractivity contribution >= 4 is 33.6 Å². The van der Waals surface area contributed by atoms with E-state index in [1.807, 2.05) is 13.0 Å². The number of hydrogen-bond acceptors (Lipinski definition) is 2. The molecule has 1 rings (SSSR count). The fourth-order valence-electron chi connectivity index (χ4n) is 1.41. The molecule has 0 saturated carbocycles. The summed E-state index contributed by atoms with van der Waals surface area (Å²) in [5.74, 6) is 1.14. The zero-order valence-corrected chi connectivity index (χ0v) is 11.9. The SMILES string of the molecule is C#CCN(CC(=O)O)C(=O)Nc1cccc(Br)c1C. The number of carboxylic acids is 1. The lowest BCUT2D eigenvalue weighted by Gasteiger charge is -2.19. The third kappa shape index (κ3) is 4.30. The maximum absolute atomic E-state index is 11.9. The van der Waals surface area contributed by atoms with E-state index in [0.717, 1.165) is 14.9 Å². The van der Waals surface area contributed by atoms with Gasteiger partial charge in [0.2, 0.25) is 0 Å². The van der Waals surface area contributed by atoms with Crippen molar-refractivity contribution in [1.82, 2.24) is 4.90 Å². The summed E-state index contributed by atoms with van der Waals surface area (Å²) in [5.41, 5.74) is 1.46. The smallest absolute Gasteiger partial charge is 0.323 e. The number of carbonyl (C=O) groups is 2. The molecule has 19 heavy (non-hydrogen) atoms. The van der Waals surface area contributed by atoms with Gasteiger partial charge in [0.05, 0.1) is 6.54 Å². The Kier molecular flexibility index (Phi) is 5.39. The monoisotopic (exact) mass is 324 g/mol. The van der Waals surface area contributed by atoms with Gasteiger partial charge in [-0.2, -0.15) is 0 Å². The fraction of sp³-hybridized carbons (Fsp3) is 0.231. The molecule has 0 bridgehead atoms. The molecule has 1 aromatic carbocycles. The summed E-state index contributed by atoms with van der Waals surface area (Å²) in [6, 6.07) is 4.81. The summed E-state index contributed by atoms with van der Waals surface area (Å²) in [6.07, 6.45) is 5.12. The number of carboxylic acid groups (broad SMARTS) is 1. The molecule has 0 fully saturated rings. The maximum atomic E-state index is 11.9. The second kappa shape index (κ2) is 6.81. The predicted octanol–water partition coefficient (Wildman–Crippen LogP) is 2.31. The Balaban J connectivity index is 2.84. The number of halogens is 1. The molecule has 0 spiro atoms. The highest BCUT2D eigenvalue weighted by Crippen LogP contribution is 2.23. The number of nitrogens with one attached hydrogen (secondary N) is 1. The summed E-state index contributed by atoms with van der Waals surface area (Å²) in [5, 5.41) is 11.4. The predicted molar refractivity (Wildman–Crippen MR) is 75.9 cm³/mol. The van der Waals surface area contributed by atoms with E-state index in [1.54, 1.807) is 12.1 Å². The summed E-state index contributed by atoms with van der Waals surface area (Å²) in [7, 11) is 0. The van der Waals surface area contributed by atoms with E-state index in [1.165, 1.54) is 0 Å². The first-order valence-electron chi connectivity index (χ1n) is 5.42. The highest BCUT2D eigenvalue weighted by molar-refractivity contribution is 9.10. The van der Waals surface area contributed by atoms with Crippen LogP contribution in [0.5, 0.6) is 0 Å². The van der Waals surface area contributed by atoms with Crippen molar-refractivity contribution in [3.05, 3.63) is 28.2 Å². The van der Waals surface area contributed by atoms with Gasteiger partial charge in [0.1, 0.15) is 6.54 Å². The largest absolute Gasteiger partial charge is 0.480 e. The summed E-state index contributed by atoms with van der Waals surface area (Å²) in [6.45, 7) is 1.33. The molecule has 0 aliphatic heterocycles. The second-order valence-corrected chi connectivity index (χ2v) is 4.65. The van der Waals surface area contributed by atoms with Crippen molar-refractivity contribution in [3.8, 4) is 12.3 Å². The average molecular weight is 325 g/mol. The lowest BCUT2D eigenvalue weighted by molar-refractivity contribution is -0.137. The van der Waals surface area contributed by atoms with Crippen LogP contribution in [0.1, 0.15) is 5.56 Å². The minimum absolute atomic E-state index is 0.0643. The van der Waals surface area contributed by atoms with Crippen LogP contribution >= 0.6 is 15.9 Å². The minimum atomic E-state index is -1.11. The van der Waals surface area contributed by atoms with E-state index < -0.39 is 18.5 Å². The van der Waals surface area contributed by atoms with Gasteiger partial charge in [0.15, 0.2) is 0 Å². The van der Waals surface area contributed by atoms with Crippen molar-refractivity contribution in [2.75, 3.05) is 18.4 Å². The lowest BCUT2D eigenvalue weighted by atomic mass is 10.2. The van der Waals surface area contributed by atoms with Crippen molar-refractivity contribution in [2.45, 2.75) is 6.92 Å². The third-order valence-corrected chi connectivity index (χ3v) is 3.26. The highest BCUT2D eigenvalue weighted by Gasteiger charge is 2.16. The quantitative estimate of drug-likeness (QED) is 0.835. The molecular weight excluding hydrogens is 312 g/mol. The number of benzene rings is 1. The Morgan fingerprint density at radius 1 is 1.53 bits per heavy atom. The minimum Gasteiger partial charge on any atom is -0.480 e. The molecule has 0 radical (unpaired) electrons. The first-order valence-corrected chi connectivity index (χ1v) is 6.21. The number of anilines is 1. The van der Waals surface area contributed by atoms with Gasteiger partial charge >= 0.3 is 12.0 Å². The maximum Gasteiger partial charge on any atom is 0.323 e. The Morgan fingerprint density at radius 3 is 2.79 bits per heavy atom. The van der Waals surface area contributed by atoms with Crippen LogP contribution in [-0.4, -0.2) is 35.1 Å². The van der Waals surface area contributed by atoms with E-state index in [2.05, 4.69) is 27.2 Å². The number of hydrogen-bond donors (Lipinski definition) is 2. The number of rotatable bonds is 4. The Hall–Kier alpha value is -2.00. The van der Waals surface area contributed by atoms with Crippen molar-refractivity contribution in [2.24, 2.45) is 0 Å². The third-order valence-electron chi connectivity index (χ3n) is 2.40. The molecule has 0 unspecified atom stereocenters. The molecule has 100 valence electrons. The Labute approximate surface area is 119 Å². The number of carbonyl (C=O) groups excluding carboxylic acids is 1. The Morgan fingerprint density at radius 2 is 2.21 bits per heavy atom. The summed E-state index contributed by atoms with van der Waals surface area (Å²) in [4.78, 5) is 23.7. The van der Waals surface area contributed by atoms with Gasteiger partial charge in [0.25, 0.3) is 0 Å². The fourth-order valence-corrected chi connectivity index (χ4v) is 1.78. The van der Waals surface area contributed by atoms with Crippen LogP contribution in [0.15, 0.2) is 22.7 Å². The molecule has 2 amide bonds.